The van der Waals surface area contributed by atoms with Gasteiger partial charge in [-0.05, 0) is 89.4 Å². The molecule has 0 fully saturated rings. The van der Waals surface area contributed by atoms with Gasteiger partial charge in [0.15, 0.2) is 0 Å². The number of thioether (sulfide) groups is 2. The smallest absolute Gasteiger partial charge is 0.334 e. The molecule has 50 heavy (non-hydrogen) atoms. The van der Waals surface area contributed by atoms with Crippen molar-refractivity contribution in [2.24, 2.45) is 15.0 Å². The van der Waals surface area contributed by atoms with Crippen molar-refractivity contribution in [1.82, 2.24) is 13.8 Å². The molecule has 9 rings (SSSR count). The Morgan fingerprint density at radius 3 is 2.12 bits per heavy atom. The van der Waals surface area contributed by atoms with E-state index in [0.717, 1.165) is 40.0 Å². The molecule has 10 heteroatoms. The van der Waals surface area contributed by atoms with Gasteiger partial charge in [-0.25, -0.2) is 15.0 Å². The highest BCUT2D eigenvalue weighted by molar-refractivity contribution is 14.1. The minimum Gasteiger partial charge on any atom is -0.334 e. The molecule has 256 valence electrons. The summed E-state index contributed by atoms with van der Waals surface area (Å²) in [5.74, 6) is 5.40. The number of amidine groups is 1. The third kappa shape index (κ3) is 5.49. The second-order valence-electron chi connectivity index (χ2n) is 14.2. The van der Waals surface area contributed by atoms with Crippen LogP contribution in [0.5, 0.6) is 0 Å². The number of hydrogen-bond donors (Lipinski definition) is 0. The van der Waals surface area contributed by atoms with Gasteiger partial charge in [-0.15, -0.1) is 23.5 Å². The van der Waals surface area contributed by atoms with Crippen LogP contribution in [0.4, 0.5) is 11.6 Å². The summed E-state index contributed by atoms with van der Waals surface area (Å²) in [4.78, 5) is 21.7. The lowest BCUT2D eigenvalue weighted by atomic mass is 9.85. The fourth-order valence-corrected chi connectivity index (χ4v) is 11.0. The molecule has 3 aromatic carbocycles. The van der Waals surface area contributed by atoms with Crippen LogP contribution in [0, 0.1) is 3.57 Å². The standard InChI is InChI=1S/C40H44BIN6S2/c1-3-5-7-9-11-13-22-49-26-18-20-28-31(24-26)39-44-37-30-16-15-17-33(42)34(30)40-45-36-29-21-19-27(50-23-14-12-10-8-6-4-2)25-32(29)38-43-35(28)46(39)41(47(36)38)48(37)40/h15-21,24-25,39H,3-14,22-23H2,1-2H3. The Balaban J connectivity index is 1.12. The Labute approximate surface area is 317 Å². The maximum Gasteiger partial charge on any atom is 0.522 e. The Hall–Kier alpha value is -2.70. The van der Waals surface area contributed by atoms with Gasteiger partial charge >= 0.3 is 7.12 Å². The number of nitrogens with zero attached hydrogens (tertiary/aromatic N) is 6. The zero-order valence-electron chi connectivity index (χ0n) is 29.1. The van der Waals surface area contributed by atoms with E-state index in [4.69, 9.17) is 15.0 Å². The summed E-state index contributed by atoms with van der Waals surface area (Å²) in [5, 5.41) is 4.78. The molecular formula is C40H44BIN6S2. The fraction of sp³-hybridized carbons (Fsp3) is 0.425. The van der Waals surface area contributed by atoms with Gasteiger partial charge in [0.25, 0.3) is 0 Å². The van der Waals surface area contributed by atoms with E-state index in [-0.39, 0.29) is 13.3 Å². The summed E-state index contributed by atoms with van der Waals surface area (Å²) in [5.41, 5.74) is 4.54. The lowest BCUT2D eigenvalue weighted by Crippen LogP contribution is -2.63. The molecule has 0 saturated carbocycles. The minimum atomic E-state index is -0.118. The first-order chi connectivity index (χ1) is 24.7. The van der Waals surface area contributed by atoms with Crippen molar-refractivity contribution in [3.8, 4) is 0 Å². The summed E-state index contributed by atoms with van der Waals surface area (Å²) < 4.78 is 6.01. The van der Waals surface area contributed by atoms with Gasteiger partial charge < -0.3 is 13.8 Å². The van der Waals surface area contributed by atoms with E-state index in [0.29, 0.717) is 0 Å². The van der Waals surface area contributed by atoms with E-state index >= 15 is 0 Å². The lowest BCUT2D eigenvalue weighted by molar-refractivity contribution is 0.442. The Bertz CT molecular complexity index is 2280. The second-order valence-corrected chi connectivity index (χ2v) is 17.7. The zero-order chi connectivity index (χ0) is 33.8. The summed E-state index contributed by atoms with van der Waals surface area (Å²) >= 11 is 6.46. The number of fused-ring (bicyclic) bond motifs is 9. The number of rotatable bonds is 16. The van der Waals surface area contributed by atoms with Crippen molar-refractivity contribution in [3.05, 3.63) is 80.3 Å². The summed E-state index contributed by atoms with van der Waals surface area (Å²) in [6.07, 6.45) is 15.8. The maximum atomic E-state index is 5.55. The molecule has 4 aliphatic heterocycles. The van der Waals surface area contributed by atoms with Gasteiger partial charge in [0.1, 0.15) is 34.6 Å². The largest absolute Gasteiger partial charge is 0.522 e. The first kappa shape index (κ1) is 33.2. The first-order valence-corrected chi connectivity index (χ1v) is 21.9. The molecule has 1 unspecified atom stereocenters. The molecular weight excluding hydrogens is 766 g/mol. The SMILES string of the molecule is CCCCCCCCSc1ccc2c(c1)C1N=c3c4cccc(I)c4c4n3B3N1C2=Nc1c2cc(SCCCCCCCC)ccc2c(n13)N=4. The van der Waals surface area contributed by atoms with E-state index in [1.54, 1.807) is 0 Å². The number of halogens is 1. The van der Waals surface area contributed by atoms with E-state index in [9.17, 15) is 0 Å². The maximum absolute atomic E-state index is 5.55. The molecule has 6 heterocycles. The molecule has 0 spiro atoms. The van der Waals surface area contributed by atoms with Gasteiger partial charge in [0.2, 0.25) is 0 Å². The summed E-state index contributed by atoms with van der Waals surface area (Å²) in [7, 11) is -0.0982. The highest BCUT2D eigenvalue weighted by atomic mass is 127. The normalized spacial score (nSPS) is 16.1. The van der Waals surface area contributed by atoms with Crippen molar-refractivity contribution >= 4 is 92.2 Å². The topological polar surface area (TPSA) is 50.2 Å². The van der Waals surface area contributed by atoms with Crippen LogP contribution in [0.1, 0.15) is 108 Å². The van der Waals surface area contributed by atoms with Crippen LogP contribution >= 0.6 is 46.1 Å². The minimum absolute atomic E-state index is 0.0982. The molecule has 0 bridgehead atoms. The lowest BCUT2D eigenvalue weighted by Gasteiger charge is -2.39. The monoisotopic (exact) mass is 810 g/mol. The molecule has 5 aromatic rings. The van der Waals surface area contributed by atoms with Gasteiger partial charge in [-0.1, -0.05) is 90.2 Å². The molecule has 1 atom stereocenters. The number of aromatic nitrogens is 2. The highest BCUT2D eigenvalue weighted by Gasteiger charge is 2.53. The summed E-state index contributed by atoms with van der Waals surface area (Å²) in [6.45, 7) is 4.57. The molecule has 0 radical (unpaired) electrons. The van der Waals surface area contributed by atoms with Gasteiger partial charge in [0, 0.05) is 46.0 Å². The first-order valence-electron chi connectivity index (χ1n) is 18.9. The predicted molar refractivity (Wildman–Crippen MR) is 221 cm³/mol. The van der Waals surface area contributed by atoms with Crippen molar-refractivity contribution in [3.63, 3.8) is 0 Å². The third-order valence-electron chi connectivity index (χ3n) is 10.8. The Kier molecular flexibility index (Phi) is 9.31. The van der Waals surface area contributed by atoms with Crippen LogP contribution in [0.25, 0.3) is 21.5 Å². The number of benzene rings is 3. The van der Waals surface area contributed by atoms with Gasteiger partial charge in [0.05, 0.1) is 0 Å². The van der Waals surface area contributed by atoms with Crippen LogP contribution in [0.15, 0.2) is 79.4 Å². The van der Waals surface area contributed by atoms with Crippen molar-refractivity contribution in [1.29, 1.82) is 0 Å². The quantitative estimate of drug-likeness (QED) is 0.0432. The third-order valence-corrected chi connectivity index (χ3v) is 13.9. The summed E-state index contributed by atoms with van der Waals surface area (Å²) in [6, 6.07) is 20.6. The molecule has 0 amide bonds. The van der Waals surface area contributed by atoms with E-state index in [1.165, 1.54) is 123 Å². The van der Waals surface area contributed by atoms with E-state index < -0.39 is 0 Å². The van der Waals surface area contributed by atoms with Crippen LogP contribution in [-0.4, -0.2) is 38.2 Å². The van der Waals surface area contributed by atoms with E-state index in [1.807, 2.05) is 23.5 Å². The van der Waals surface area contributed by atoms with Crippen molar-refractivity contribution < 1.29 is 0 Å². The van der Waals surface area contributed by atoms with Crippen LogP contribution in [0.2, 0.25) is 0 Å². The van der Waals surface area contributed by atoms with Crippen molar-refractivity contribution in [2.75, 3.05) is 11.5 Å². The average molecular weight is 811 g/mol. The van der Waals surface area contributed by atoms with Crippen LogP contribution < -0.4 is 11.0 Å². The average Bonchev–Trinajstić information content (AvgIpc) is 3.75. The zero-order valence-corrected chi connectivity index (χ0v) is 32.9. The molecule has 0 N–H and O–H groups in total. The second kappa shape index (κ2) is 14.0. The molecule has 0 aliphatic carbocycles. The number of hydrogen-bond acceptors (Lipinski definition) is 6. The van der Waals surface area contributed by atoms with Crippen LogP contribution in [-0.2, 0) is 0 Å². The number of unbranched alkanes of at least 4 members (excludes halogenated alkanes) is 10. The molecule has 0 saturated heterocycles. The molecule has 4 aliphatic rings. The molecule has 6 nitrogen and oxygen atoms in total. The Morgan fingerprint density at radius 1 is 0.680 bits per heavy atom. The van der Waals surface area contributed by atoms with Gasteiger partial charge in [-0.3, -0.25) is 0 Å². The highest BCUT2D eigenvalue weighted by Crippen LogP contribution is 2.49. The fourth-order valence-electron chi connectivity index (χ4n) is 8.31. The van der Waals surface area contributed by atoms with E-state index in [2.05, 4.69) is 105 Å². The number of aliphatic imine (C=N–C) groups is 1. The Morgan fingerprint density at radius 2 is 1.36 bits per heavy atom. The predicted octanol–water partition coefficient (Wildman–Crippen LogP) is 10.8. The molecule has 2 aromatic heterocycles. The van der Waals surface area contributed by atoms with Crippen LogP contribution in [0.3, 0.4) is 0 Å². The van der Waals surface area contributed by atoms with Crippen molar-refractivity contribution in [2.45, 2.75) is 107 Å². The van der Waals surface area contributed by atoms with Gasteiger partial charge in [-0.2, -0.15) is 0 Å².